The summed E-state index contributed by atoms with van der Waals surface area (Å²) in [5.74, 6) is 0. The smallest absolute Gasteiger partial charge is 0.138 e. The van der Waals surface area contributed by atoms with E-state index in [1.807, 2.05) is 20.4 Å². The van der Waals surface area contributed by atoms with Crippen LogP contribution in [0.1, 0.15) is 143 Å². The molecule has 0 amide bonds. The van der Waals surface area contributed by atoms with Crippen LogP contribution in [0.25, 0.3) is 72.7 Å². The second-order valence-electron chi connectivity index (χ2n) is 33.8. The van der Waals surface area contributed by atoms with Crippen LogP contribution in [0.3, 0.4) is 0 Å². The minimum Gasteiger partial charge on any atom is -0.310 e. The molecule has 15 aromatic carbocycles. The van der Waals surface area contributed by atoms with Crippen molar-refractivity contribution in [1.82, 2.24) is 44.3 Å². The summed E-state index contributed by atoms with van der Waals surface area (Å²) in [6.45, 7) is 6.85. The molecule has 3 aliphatic carbocycles. The largest absolute Gasteiger partial charge is 0.310 e. The normalized spacial score (nSPS) is 14.3. The Kier molecular flexibility index (Phi) is 16.7. The first-order valence-corrected chi connectivity index (χ1v) is 43.6. The van der Waals surface area contributed by atoms with Crippen molar-refractivity contribution in [2.45, 2.75) is 94.8 Å². The molecule has 0 N–H and O–H groups in total. The molecule has 0 unspecified atom stereocenters. The van der Waals surface area contributed by atoms with Crippen molar-refractivity contribution in [3.8, 4) is 72.7 Å². The molecule has 0 saturated heterocycles. The molecule has 3 aliphatic heterocycles. The third-order valence-corrected chi connectivity index (χ3v) is 27.5. The fourth-order valence-corrected chi connectivity index (χ4v) is 22.3. The van der Waals surface area contributed by atoms with Gasteiger partial charge in [-0.2, -0.15) is 15.3 Å². The average Bonchev–Trinajstić information content (AvgIpc) is 1.45. The molecule has 3 spiro atoms. The number of anilines is 9. The second kappa shape index (κ2) is 28.4. The molecule has 123 heavy (non-hydrogen) atoms. The Bertz CT molecular complexity index is 6830. The van der Waals surface area contributed by atoms with Crippen LogP contribution in [0, 0.1) is 0 Å². The zero-order valence-electron chi connectivity index (χ0n) is 68.8. The number of rotatable bonds is 17. The number of para-hydroxylation sites is 6. The highest BCUT2D eigenvalue weighted by atomic mass is 15.3. The van der Waals surface area contributed by atoms with Crippen molar-refractivity contribution >= 4 is 51.2 Å². The summed E-state index contributed by atoms with van der Waals surface area (Å²) >= 11 is 0. The highest BCUT2D eigenvalue weighted by molar-refractivity contribution is 6.14. The molecule has 6 aliphatic rings. The lowest BCUT2D eigenvalue weighted by Crippen LogP contribution is -2.39. The van der Waals surface area contributed by atoms with E-state index in [1.54, 1.807) is 31.6 Å². The van der Waals surface area contributed by atoms with Gasteiger partial charge in [-0.3, -0.25) is 0 Å². The number of hydrogen-bond donors (Lipinski definition) is 0. The summed E-state index contributed by atoms with van der Waals surface area (Å²) in [6.07, 6.45) is 20.1. The minimum atomic E-state index is -1.09. The van der Waals surface area contributed by atoms with Crippen LogP contribution >= 0.6 is 0 Å². The van der Waals surface area contributed by atoms with E-state index in [1.165, 1.54) is 111 Å². The van der Waals surface area contributed by atoms with E-state index < -0.39 is 16.2 Å². The highest BCUT2D eigenvalue weighted by Gasteiger charge is 2.65. The van der Waals surface area contributed by atoms with Gasteiger partial charge in [-0.1, -0.05) is 240 Å². The Morgan fingerprint density at radius 3 is 0.772 bits per heavy atom. The van der Waals surface area contributed by atoms with Crippen molar-refractivity contribution in [1.29, 1.82) is 0 Å². The van der Waals surface area contributed by atoms with Gasteiger partial charge >= 0.3 is 0 Å². The summed E-state index contributed by atoms with van der Waals surface area (Å²) in [7, 11) is 0. The first-order chi connectivity index (χ1) is 60.9. The van der Waals surface area contributed by atoms with Crippen molar-refractivity contribution in [3.63, 3.8) is 0 Å². The molecule has 0 bridgehead atoms. The Hall–Kier alpha value is -14.9. The van der Waals surface area contributed by atoms with Gasteiger partial charge in [0, 0.05) is 17.1 Å². The number of fused-ring (bicyclic) bond motifs is 30. The molecule has 590 valence electrons. The van der Waals surface area contributed by atoms with Gasteiger partial charge in [0.2, 0.25) is 0 Å². The maximum atomic E-state index is 5.02. The third-order valence-electron chi connectivity index (χ3n) is 27.5. The number of nitrogens with zero attached hydrogens (tertiary/aromatic N) is 12. The topological polar surface area (TPSA) is 102 Å². The Labute approximate surface area is 716 Å². The summed E-state index contributed by atoms with van der Waals surface area (Å²) in [6, 6.07) is 125. The minimum absolute atomic E-state index is 0.916. The molecule has 12 nitrogen and oxygen atoms in total. The van der Waals surface area contributed by atoms with E-state index >= 15 is 0 Å². The maximum absolute atomic E-state index is 5.02. The summed E-state index contributed by atoms with van der Waals surface area (Å²) in [5, 5.41) is 14.2. The van der Waals surface area contributed by atoms with Crippen LogP contribution in [-0.4, -0.2) is 44.3 Å². The van der Waals surface area contributed by atoms with Crippen molar-refractivity contribution in [3.05, 3.63) is 443 Å². The molecule has 6 heterocycles. The van der Waals surface area contributed by atoms with E-state index in [2.05, 4.69) is 377 Å². The Morgan fingerprint density at radius 1 is 0.236 bits per heavy atom. The van der Waals surface area contributed by atoms with Crippen molar-refractivity contribution in [2.24, 2.45) is 0 Å². The van der Waals surface area contributed by atoms with Crippen molar-refractivity contribution < 1.29 is 0 Å². The number of aryl methyl sites for hydroxylation is 3. The zero-order chi connectivity index (χ0) is 81.7. The van der Waals surface area contributed by atoms with Crippen LogP contribution in [-0.2, 0) is 35.5 Å². The Morgan fingerprint density at radius 2 is 0.488 bits per heavy atom. The zero-order valence-corrected chi connectivity index (χ0v) is 68.8. The van der Waals surface area contributed by atoms with E-state index in [0.29, 0.717) is 0 Å². The standard InChI is InChI=1S/C111H86N12/c1-4-7-22-72-37-49-81(50-38-72)121-97-31-16-10-25-88(97)109(89-26-11-17-32-98(89)121)95-64-78(76-45-57-80(58-46-76)119-70-113-67-116-119)48-61-86(95)104-106(109)103-85-60-47-77(75-43-55-79(56-44-75)118-69-112-66-115-118)63-94(85)110(90-27-12-18-33-99(90)122(100-34-19-13-28-91(100)110)82-51-39-73(40-52-82)23-8-5-2)107(103)105-87-62-59-84(120-71-114-68-117-120)65-96(87)111(108(104)105)92-29-14-20-35-101(92)123(102-36-21-15-30-93(102)111)83-53-41-74(42-54-83)24-9-6-3/h10-21,25-71H,4-9,22-24H2,1-3H3. The van der Waals surface area contributed by atoms with E-state index in [4.69, 9.17) is 10.1 Å². The summed E-state index contributed by atoms with van der Waals surface area (Å²) < 4.78 is 5.63. The number of unbranched alkanes of at least 4 members (excludes halogenated alkanes) is 3. The number of hydrogen-bond acceptors (Lipinski definition) is 9. The molecule has 0 radical (unpaired) electrons. The van der Waals surface area contributed by atoms with Crippen LogP contribution in [0.15, 0.2) is 359 Å². The van der Waals surface area contributed by atoms with E-state index in [-0.39, 0.29) is 0 Å². The number of aromatic nitrogens is 9. The predicted molar refractivity (Wildman–Crippen MR) is 495 cm³/mol. The molecular weight excluding hydrogens is 1500 g/mol. The van der Waals surface area contributed by atoms with Gasteiger partial charge in [0.25, 0.3) is 0 Å². The number of benzene rings is 15. The van der Waals surface area contributed by atoms with Crippen molar-refractivity contribution in [2.75, 3.05) is 14.7 Å². The maximum Gasteiger partial charge on any atom is 0.138 e. The van der Waals surface area contributed by atoms with Crippen LogP contribution < -0.4 is 14.7 Å². The molecule has 3 aromatic heterocycles. The fraction of sp³-hybridized carbons (Fsp3) is 0.135. The lowest BCUT2D eigenvalue weighted by Gasteiger charge is -2.48. The summed E-state index contributed by atoms with van der Waals surface area (Å²) in [5.41, 5.74) is 39.6. The van der Waals surface area contributed by atoms with Gasteiger partial charge in [0.15, 0.2) is 0 Å². The van der Waals surface area contributed by atoms with Gasteiger partial charge in [0.1, 0.15) is 38.0 Å². The molecule has 24 rings (SSSR count). The third kappa shape index (κ3) is 10.4. The molecular formula is C111H86N12. The van der Waals surface area contributed by atoms with Gasteiger partial charge in [0.05, 0.1) is 67.4 Å². The molecule has 0 atom stereocenters. The van der Waals surface area contributed by atoms with Crippen LogP contribution in [0.2, 0.25) is 0 Å². The Balaban J connectivity index is 0.908. The molecule has 0 fully saturated rings. The quantitative estimate of drug-likeness (QED) is 0.0882. The van der Waals surface area contributed by atoms with Gasteiger partial charge in [-0.05, 0) is 299 Å². The lowest BCUT2D eigenvalue weighted by molar-refractivity contribution is 0.726. The first kappa shape index (κ1) is 72.2. The lowest BCUT2D eigenvalue weighted by atomic mass is 9.58. The second-order valence-corrected chi connectivity index (χ2v) is 33.8. The summed E-state index contributed by atoms with van der Waals surface area (Å²) in [4.78, 5) is 21.2. The highest BCUT2D eigenvalue weighted by Crippen LogP contribution is 2.78. The van der Waals surface area contributed by atoms with Crippen LogP contribution in [0.5, 0.6) is 0 Å². The predicted octanol–water partition coefficient (Wildman–Crippen LogP) is 26.2. The molecule has 0 saturated carbocycles. The SMILES string of the molecule is CCCCc1ccc(N2c3ccccc3C3(c4cc(-c5ccc(-n6cncn6)cc5)ccc4-c4c3c3c(c5c4C4(c6cc(-n7cncn7)ccc6-5)c5ccccc5N(c5ccc(CCCC)cc5)c5ccccc54)C4(c5cc(-c6ccc(-n7cncn7)cc6)ccc5-3)c3ccccc3N(c3ccc(CCCC)cc3)c3ccccc34)c3ccccc32)cc1. The van der Waals surface area contributed by atoms with E-state index in [0.717, 1.165) is 154 Å². The molecule has 18 aromatic rings. The van der Waals surface area contributed by atoms with Gasteiger partial charge in [-0.15, -0.1) is 0 Å². The first-order valence-electron chi connectivity index (χ1n) is 43.6. The van der Waals surface area contributed by atoms with Gasteiger partial charge in [-0.25, -0.2) is 29.0 Å². The fourth-order valence-electron chi connectivity index (χ4n) is 22.3. The van der Waals surface area contributed by atoms with E-state index in [9.17, 15) is 0 Å². The average molecular weight is 1590 g/mol. The van der Waals surface area contributed by atoms with Crippen LogP contribution in [0.4, 0.5) is 51.2 Å². The van der Waals surface area contributed by atoms with Gasteiger partial charge < -0.3 is 14.7 Å². The molecule has 12 heteroatoms. The monoisotopic (exact) mass is 1590 g/mol.